The first-order chi connectivity index (χ1) is 13.7. The highest BCUT2D eigenvalue weighted by molar-refractivity contribution is 6.04. The summed E-state index contributed by atoms with van der Waals surface area (Å²) in [4.78, 5) is 4.64. The van der Waals surface area contributed by atoms with Gasteiger partial charge in [0, 0.05) is 11.9 Å². The number of aryl methyl sites for hydroxylation is 1. The summed E-state index contributed by atoms with van der Waals surface area (Å²) in [6.07, 6.45) is 0. The van der Waals surface area contributed by atoms with E-state index in [1.165, 1.54) is 0 Å². The number of hydrazone groups is 1. The Balaban J connectivity index is 1.62. The molecule has 0 amide bonds. The summed E-state index contributed by atoms with van der Waals surface area (Å²) in [6, 6.07) is 15.9. The Morgan fingerprint density at radius 2 is 1.86 bits per heavy atom. The number of ether oxygens (including phenoxy) is 1. The summed E-state index contributed by atoms with van der Waals surface area (Å²) in [5.41, 5.74) is 7.45. The number of hydrogen-bond donors (Lipinski definition) is 1. The second kappa shape index (κ2) is 7.64. The molecule has 0 atom stereocenters. The van der Waals surface area contributed by atoms with Gasteiger partial charge in [-0.15, -0.1) is 10.2 Å². The molecule has 2 heterocycles. The first-order valence-corrected chi connectivity index (χ1v) is 9.36. The molecule has 4 aromatic rings. The second-order valence-corrected chi connectivity index (χ2v) is 6.34. The first kappa shape index (κ1) is 17.9. The molecule has 0 unspecified atom stereocenters. The van der Waals surface area contributed by atoms with Gasteiger partial charge in [0.15, 0.2) is 5.65 Å². The molecule has 0 saturated carbocycles. The van der Waals surface area contributed by atoms with Crippen LogP contribution in [0.4, 0.5) is 5.95 Å². The highest BCUT2D eigenvalue weighted by Crippen LogP contribution is 2.26. The Bertz CT molecular complexity index is 1150. The van der Waals surface area contributed by atoms with Crippen molar-refractivity contribution in [1.82, 2.24) is 19.7 Å². The maximum absolute atomic E-state index is 5.47. The van der Waals surface area contributed by atoms with E-state index in [-0.39, 0.29) is 0 Å². The Morgan fingerprint density at radius 3 is 2.61 bits per heavy atom. The SMILES string of the molecule is CCOc1ccc(/C(C)=N/Nc2nnc3c4ccccc4n(CC)c3n2)cc1. The fourth-order valence-corrected chi connectivity index (χ4v) is 3.23. The van der Waals surface area contributed by atoms with Gasteiger partial charge in [-0.2, -0.15) is 10.1 Å². The van der Waals surface area contributed by atoms with Crippen LogP contribution in [0.2, 0.25) is 0 Å². The van der Waals surface area contributed by atoms with Crippen LogP contribution in [0.15, 0.2) is 53.6 Å². The van der Waals surface area contributed by atoms with E-state index in [4.69, 9.17) is 4.74 Å². The van der Waals surface area contributed by atoms with Gasteiger partial charge in [0.25, 0.3) is 5.95 Å². The first-order valence-electron chi connectivity index (χ1n) is 9.36. The summed E-state index contributed by atoms with van der Waals surface area (Å²) in [5, 5.41) is 14.0. The van der Waals surface area contributed by atoms with Crippen molar-refractivity contribution < 1.29 is 4.74 Å². The molecule has 2 aromatic carbocycles. The van der Waals surface area contributed by atoms with Gasteiger partial charge < -0.3 is 9.30 Å². The van der Waals surface area contributed by atoms with Crippen molar-refractivity contribution in [1.29, 1.82) is 0 Å². The molecule has 2 aromatic heterocycles. The van der Waals surface area contributed by atoms with Crippen molar-refractivity contribution >= 4 is 33.7 Å². The smallest absolute Gasteiger partial charge is 0.265 e. The average molecular weight is 374 g/mol. The van der Waals surface area contributed by atoms with Gasteiger partial charge >= 0.3 is 0 Å². The minimum atomic E-state index is 0.371. The molecule has 0 spiro atoms. The fourth-order valence-electron chi connectivity index (χ4n) is 3.23. The number of nitrogens with one attached hydrogen (secondary N) is 1. The third-order valence-electron chi connectivity index (χ3n) is 4.60. The third-order valence-corrected chi connectivity index (χ3v) is 4.60. The van der Waals surface area contributed by atoms with Crippen molar-refractivity contribution in [2.75, 3.05) is 12.0 Å². The number of nitrogens with zero attached hydrogens (tertiary/aromatic N) is 5. The summed E-state index contributed by atoms with van der Waals surface area (Å²) in [6.45, 7) is 7.44. The summed E-state index contributed by atoms with van der Waals surface area (Å²) >= 11 is 0. The predicted molar refractivity (Wildman–Crippen MR) is 112 cm³/mol. The normalized spacial score (nSPS) is 11.9. The van der Waals surface area contributed by atoms with E-state index in [0.717, 1.165) is 45.6 Å². The number of rotatable bonds is 6. The van der Waals surface area contributed by atoms with Crippen LogP contribution in [-0.4, -0.2) is 32.1 Å². The Labute approximate surface area is 163 Å². The fraction of sp³-hybridized carbons (Fsp3) is 0.238. The number of fused-ring (bicyclic) bond motifs is 3. The number of benzene rings is 2. The van der Waals surface area contributed by atoms with E-state index in [2.05, 4.69) is 43.3 Å². The number of hydrogen-bond acceptors (Lipinski definition) is 6. The van der Waals surface area contributed by atoms with Gasteiger partial charge in [-0.05, 0) is 56.7 Å². The lowest BCUT2D eigenvalue weighted by Gasteiger charge is -2.06. The number of para-hydroxylation sites is 1. The second-order valence-electron chi connectivity index (χ2n) is 6.34. The molecule has 0 aliphatic carbocycles. The maximum Gasteiger partial charge on any atom is 0.265 e. The van der Waals surface area contributed by atoms with Crippen LogP contribution in [0.25, 0.3) is 22.1 Å². The van der Waals surface area contributed by atoms with Gasteiger partial charge in [0.1, 0.15) is 11.3 Å². The molecule has 4 rings (SSSR count). The molecule has 7 heteroatoms. The van der Waals surface area contributed by atoms with Crippen LogP contribution in [0, 0.1) is 0 Å². The van der Waals surface area contributed by atoms with E-state index in [9.17, 15) is 0 Å². The van der Waals surface area contributed by atoms with Crippen LogP contribution < -0.4 is 10.2 Å². The summed E-state index contributed by atoms with van der Waals surface area (Å²) < 4.78 is 7.60. The highest BCUT2D eigenvalue weighted by atomic mass is 16.5. The zero-order chi connectivity index (χ0) is 19.5. The lowest BCUT2D eigenvalue weighted by molar-refractivity contribution is 0.340. The summed E-state index contributed by atoms with van der Waals surface area (Å²) in [5.74, 6) is 1.22. The van der Waals surface area contributed by atoms with E-state index in [0.29, 0.717) is 12.6 Å². The quantitative estimate of drug-likeness (QED) is 0.404. The van der Waals surface area contributed by atoms with E-state index >= 15 is 0 Å². The Hall–Kier alpha value is -3.48. The maximum atomic E-state index is 5.47. The predicted octanol–water partition coefficient (Wildman–Crippen LogP) is 4.23. The largest absolute Gasteiger partial charge is 0.494 e. The van der Waals surface area contributed by atoms with Crippen LogP contribution in [0.5, 0.6) is 5.75 Å². The van der Waals surface area contributed by atoms with Gasteiger partial charge in [-0.3, -0.25) is 0 Å². The van der Waals surface area contributed by atoms with Gasteiger partial charge in [0.05, 0.1) is 17.8 Å². The standard InChI is InChI=1S/C21H22N6O/c1-4-27-18-9-7-6-8-17(18)19-20(27)22-21(26-24-19)25-23-14(3)15-10-12-16(13-11-15)28-5-2/h6-13H,4-5H2,1-3H3,(H,22,25,26)/b23-14+. The zero-order valence-electron chi connectivity index (χ0n) is 16.2. The molecule has 1 N–H and O–H groups in total. The Morgan fingerprint density at radius 1 is 1.07 bits per heavy atom. The third kappa shape index (κ3) is 3.26. The summed E-state index contributed by atoms with van der Waals surface area (Å²) in [7, 11) is 0. The molecule has 0 bridgehead atoms. The molecule has 142 valence electrons. The zero-order valence-corrected chi connectivity index (χ0v) is 16.2. The molecule has 0 fully saturated rings. The molecular weight excluding hydrogens is 352 g/mol. The van der Waals surface area contributed by atoms with Crippen molar-refractivity contribution in [3.05, 3.63) is 54.1 Å². The van der Waals surface area contributed by atoms with Crippen LogP contribution in [0.1, 0.15) is 26.3 Å². The number of aromatic nitrogens is 4. The molecule has 0 saturated heterocycles. The van der Waals surface area contributed by atoms with Crippen molar-refractivity contribution in [2.24, 2.45) is 5.10 Å². The topological polar surface area (TPSA) is 77.2 Å². The van der Waals surface area contributed by atoms with Gasteiger partial charge in [-0.1, -0.05) is 18.2 Å². The molecular formula is C21H22N6O. The van der Waals surface area contributed by atoms with Crippen LogP contribution >= 0.6 is 0 Å². The minimum absolute atomic E-state index is 0.371. The lowest BCUT2D eigenvalue weighted by Crippen LogP contribution is -2.05. The highest BCUT2D eigenvalue weighted by Gasteiger charge is 2.13. The number of anilines is 1. The lowest BCUT2D eigenvalue weighted by atomic mass is 10.1. The van der Waals surface area contributed by atoms with Crippen LogP contribution in [-0.2, 0) is 6.54 Å². The van der Waals surface area contributed by atoms with Crippen LogP contribution in [0.3, 0.4) is 0 Å². The Kier molecular flexibility index (Phi) is 4.89. The van der Waals surface area contributed by atoms with Crippen molar-refractivity contribution in [3.63, 3.8) is 0 Å². The van der Waals surface area contributed by atoms with Gasteiger partial charge in [-0.25, -0.2) is 5.43 Å². The monoisotopic (exact) mass is 374 g/mol. The molecule has 7 nitrogen and oxygen atoms in total. The van der Waals surface area contributed by atoms with Crippen molar-refractivity contribution in [2.45, 2.75) is 27.3 Å². The van der Waals surface area contributed by atoms with E-state index in [1.807, 2.05) is 56.3 Å². The molecule has 0 aliphatic heterocycles. The average Bonchev–Trinajstić information content (AvgIpc) is 3.05. The van der Waals surface area contributed by atoms with E-state index < -0.39 is 0 Å². The molecule has 0 radical (unpaired) electrons. The van der Waals surface area contributed by atoms with E-state index in [1.54, 1.807) is 0 Å². The van der Waals surface area contributed by atoms with Gasteiger partial charge in [0.2, 0.25) is 0 Å². The van der Waals surface area contributed by atoms with Crippen molar-refractivity contribution in [3.8, 4) is 5.75 Å². The molecule has 28 heavy (non-hydrogen) atoms. The molecule has 0 aliphatic rings. The minimum Gasteiger partial charge on any atom is -0.494 e.